The third kappa shape index (κ3) is 5.05. The van der Waals surface area contributed by atoms with Crippen molar-refractivity contribution in [1.82, 2.24) is 14.8 Å². The molecule has 0 aliphatic rings. The summed E-state index contributed by atoms with van der Waals surface area (Å²) >= 11 is 5.15. The molecule has 5 nitrogen and oxygen atoms in total. The topological polar surface area (TPSA) is 49.2 Å². The molecule has 3 aromatic rings. The van der Waals surface area contributed by atoms with Crippen molar-refractivity contribution in [3.8, 4) is 11.5 Å². The quantitative estimate of drug-likeness (QED) is 0.426. The summed E-state index contributed by atoms with van der Waals surface area (Å²) in [6.45, 7) is 4.88. The van der Waals surface area contributed by atoms with Crippen LogP contribution in [-0.2, 0) is 12.3 Å². The van der Waals surface area contributed by atoms with Gasteiger partial charge >= 0.3 is 0 Å². The molecule has 0 aliphatic carbocycles. The molecule has 0 saturated carbocycles. The van der Waals surface area contributed by atoms with Crippen LogP contribution in [0.5, 0.6) is 11.5 Å². The van der Waals surface area contributed by atoms with Crippen molar-refractivity contribution >= 4 is 27.7 Å². The van der Waals surface area contributed by atoms with Crippen LogP contribution in [0.25, 0.3) is 0 Å². The molecule has 142 valence electrons. The summed E-state index contributed by atoms with van der Waals surface area (Å²) in [4.78, 5) is 0. The van der Waals surface area contributed by atoms with Gasteiger partial charge in [-0.3, -0.25) is 0 Å². The molecular weight excluding hydrogens is 426 g/mol. The fraction of sp³-hybridized carbons (Fsp3) is 0.300. The van der Waals surface area contributed by atoms with Crippen LogP contribution in [0.1, 0.15) is 31.3 Å². The lowest BCUT2D eigenvalue weighted by Crippen LogP contribution is -2.12. The zero-order valence-corrected chi connectivity index (χ0v) is 18.0. The molecule has 0 spiro atoms. The minimum atomic E-state index is -0.201. The van der Waals surface area contributed by atoms with Crippen LogP contribution in [0.4, 0.5) is 0 Å². The van der Waals surface area contributed by atoms with Crippen LogP contribution in [0.15, 0.2) is 58.2 Å². The van der Waals surface area contributed by atoms with Gasteiger partial charge in [-0.05, 0) is 55.8 Å². The number of rotatable bonds is 8. The lowest BCUT2D eigenvalue weighted by molar-refractivity contribution is 0.209. The summed E-state index contributed by atoms with van der Waals surface area (Å²) in [6, 6.07) is 15.9. The minimum Gasteiger partial charge on any atom is -0.497 e. The maximum absolute atomic E-state index is 6.04. The molecule has 1 aromatic heterocycles. The molecule has 0 saturated heterocycles. The average Bonchev–Trinajstić information content (AvgIpc) is 3.11. The molecule has 0 aliphatic heterocycles. The maximum atomic E-state index is 6.04. The molecule has 2 aromatic carbocycles. The molecule has 1 unspecified atom stereocenters. The number of hydrogen-bond donors (Lipinski definition) is 0. The summed E-state index contributed by atoms with van der Waals surface area (Å²) < 4.78 is 14.4. The number of methoxy groups -OCH3 is 1. The molecule has 27 heavy (non-hydrogen) atoms. The van der Waals surface area contributed by atoms with Gasteiger partial charge in [0.05, 0.1) is 7.11 Å². The van der Waals surface area contributed by atoms with Crippen molar-refractivity contribution in [3.05, 3.63) is 64.4 Å². The van der Waals surface area contributed by atoms with E-state index in [1.807, 2.05) is 31.2 Å². The molecule has 1 heterocycles. The Morgan fingerprint density at radius 2 is 1.70 bits per heavy atom. The van der Waals surface area contributed by atoms with Crippen molar-refractivity contribution < 1.29 is 9.47 Å². The highest BCUT2D eigenvalue weighted by Crippen LogP contribution is 2.27. The van der Waals surface area contributed by atoms with Crippen molar-refractivity contribution in [2.24, 2.45) is 0 Å². The van der Waals surface area contributed by atoms with Crippen LogP contribution in [0.3, 0.4) is 0 Å². The van der Waals surface area contributed by atoms with Crippen LogP contribution < -0.4 is 9.47 Å². The first-order chi connectivity index (χ1) is 13.1. The van der Waals surface area contributed by atoms with Gasteiger partial charge in [-0.25, -0.2) is 0 Å². The predicted molar refractivity (Wildman–Crippen MR) is 111 cm³/mol. The number of thioether (sulfide) groups is 1. The van der Waals surface area contributed by atoms with Gasteiger partial charge in [0.1, 0.15) is 11.5 Å². The zero-order chi connectivity index (χ0) is 19.2. The first-order valence-corrected chi connectivity index (χ1v) is 10.5. The van der Waals surface area contributed by atoms with Gasteiger partial charge in [-0.15, -0.1) is 10.2 Å². The molecule has 0 radical (unpaired) electrons. The largest absolute Gasteiger partial charge is 0.497 e. The van der Waals surface area contributed by atoms with Gasteiger partial charge in [0, 0.05) is 16.8 Å². The lowest BCUT2D eigenvalue weighted by Gasteiger charge is -2.16. The van der Waals surface area contributed by atoms with E-state index in [4.69, 9.17) is 9.47 Å². The highest BCUT2D eigenvalue weighted by Gasteiger charge is 2.18. The van der Waals surface area contributed by atoms with E-state index in [0.717, 1.165) is 39.3 Å². The predicted octanol–water partition coefficient (Wildman–Crippen LogP) is 5.50. The number of benzene rings is 2. The van der Waals surface area contributed by atoms with E-state index in [9.17, 15) is 0 Å². The number of halogens is 1. The van der Waals surface area contributed by atoms with E-state index >= 15 is 0 Å². The molecule has 3 rings (SSSR count). The molecule has 1 atom stereocenters. The molecular formula is C20H22BrN3O2S. The minimum absolute atomic E-state index is 0.201. The first kappa shape index (κ1) is 19.8. The summed E-state index contributed by atoms with van der Waals surface area (Å²) in [6.07, 6.45) is -0.201. The normalized spacial score (nSPS) is 12.0. The van der Waals surface area contributed by atoms with Gasteiger partial charge in [-0.2, -0.15) is 0 Å². The third-order valence-corrected chi connectivity index (χ3v) is 5.65. The van der Waals surface area contributed by atoms with Crippen molar-refractivity contribution in [3.63, 3.8) is 0 Å². The van der Waals surface area contributed by atoms with Gasteiger partial charge in [-0.1, -0.05) is 39.8 Å². The monoisotopic (exact) mass is 447 g/mol. The Hall–Kier alpha value is -1.99. The number of nitrogens with zero attached hydrogens (tertiary/aromatic N) is 3. The van der Waals surface area contributed by atoms with Crippen molar-refractivity contribution in [2.45, 2.75) is 37.4 Å². The second-order valence-corrected chi connectivity index (χ2v) is 7.79. The average molecular weight is 448 g/mol. The van der Waals surface area contributed by atoms with E-state index in [-0.39, 0.29) is 6.10 Å². The third-order valence-electron chi connectivity index (χ3n) is 4.08. The number of ether oxygens (including phenoxy) is 2. The lowest BCUT2D eigenvalue weighted by atomic mass is 10.2. The van der Waals surface area contributed by atoms with Gasteiger partial charge in [0.2, 0.25) is 0 Å². The zero-order valence-electron chi connectivity index (χ0n) is 15.6. The second-order valence-electron chi connectivity index (χ2n) is 5.94. The summed E-state index contributed by atoms with van der Waals surface area (Å²) in [5.74, 6) is 3.25. The smallest absolute Gasteiger partial charge is 0.191 e. The Balaban J connectivity index is 1.69. The second kappa shape index (κ2) is 9.28. The summed E-state index contributed by atoms with van der Waals surface area (Å²) in [7, 11) is 1.65. The standard InChI is InChI=1S/C20H22BrN3O2S/c1-4-24-19(14(2)26-18-11-9-17(25-3)10-12-18)22-23-20(24)27-13-15-5-7-16(21)8-6-15/h5-12,14H,4,13H2,1-3H3. The maximum Gasteiger partial charge on any atom is 0.191 e. The Morgan fingerprint density at radius 3 is 2.33 bits per heavy atom. The Kier molecular flexibility index (Phi) is 6.79. The van der Waals surface area contributed by atoms with Crippen molar-refractivity contribution in [1.29, 1.82) is 0 Å². The SMILES string of the molecule is CCn1c(SCc2ccc(Br)cc2)nnc1C(C)Oc1ccc(OC)cc1. The van der Waals surface area contributed by atoms with Crippen LogP contribution >= 0.6 is 27.7 Å². The van der Waals surface area contributed by atoms with Crippen LogP contribution in [0, 0.1) is 0 Å². The summed E-state index contributed by atoms with van der Waals surface area (Å²) in [5.41, 5.74) is 1.25. The van der Waals surface area contributed by atoms with Gasteiger partial charge in [0.15, 0.2) is 17.1 Å². The first-order valence-electron chi connectivity index (χ1n) is 8.71. The Bertz CT molecular complexity index is 866. The van der Waals surface area contributed by atoms with Crippen molar-refractivity contribution in [2.75, 3.05) is 7.11 Å². The highest BCUT2D eigenvalue weighted by atomic mass is 79.9. The molecule has 0 bridgehead atoms. The molecule has 7 heteroatoms. The summed E-state index contributed by atoms with van der Waals surface area (Å²) in [5, 5.41) is 9.66. The van der Waals surface area contributed by atoms with E-state index in [1.54, 1.807) is 18.9 Å². The Labute approximate surface area is 172 Å². The van der Waals surface area contributed by atoms with Gasteiger partial charge in [0.25, 0.3) is 0 Å². The Morgan fingerprint density at radius 1 is 1.04 bits per heavy atom. The van der Waals surface area contributed by atoms with E-state index in [2.05, 4.69) is 61.9 Å². The number of aromatic nitrogens is 3. The number of hydrogen-bond acceptors (Lipinski definition) is 5. The van der Waals surface area contributed by atoms with E-state index in [1.165, 1.54) is 5.56 Å². The molecule has 0 N–H and O–H groups in total. The molecule has 0 amide bonds. The van der Waals surface area contributed by atoms with E-state index < -0.39 is 0 Å². The van der Waals surface area contributed by atoms with Crippen LogP contribution in [0.2, 0.25) is 0 Å². The van der Waals surface area contributed by atoms with Gasteiger partial charge < -0.3 is 14.0 Å². The fourth-order valence-electron chi connectivity index (χ4n) is 2.64. The highest BCUT2D eigenvalue weighted by molar-refractivity contribution is 9.10. The fourth-order valence-corrected chi connectivity index (χ4v) is 3.87. The molecule has 0 fully saturated rings. The van der Waals surface area contributed by atoms with Crippen LogP contribution in [-0.4, -0.2) is 21.9 Å². The van der Waals surface area contributed by atoms with E-state index in [0.29, 0.717) is 0 Å².